The van der Waals surface area contributed by atoms with E-state index >= 15 is 0 Å². The number of carboxylic acid groups (broad SMARTS) is 1. The third-order valence-electron chi connectivity index (χ3n) is 4.53. The van der Waals surface area contributed by atoms with Crippen LogP contribution in [0.1, 0.15) is 6.42 Å². The van der Waals surface area contributed by atoms with Crippen molar-refractivity contribution in [3.63, 3.8) is 0 Å². The largest absolute Gasteiger partial charge is 0.480 e. The predicted octanol–water partition coefficient (Wildman–Crippen LogP) is 2.75. The maximum Gasteiger partial charge on any atom is 0.329 e. The molecular formula is C17H14Cl2N4O3. The van der Waals surface area contributed by atoms with Gasteiger partial charge in [-0.05, 0) is 18.6 Å². The SMILES string of the molecule is O=C(O)[C@H]1C(O)CCN1c1cc(-n2ccnc2)c2ccc(Cl)c(Cl)c2n1. The fraction of sp³-hybridized carbons (Fsp3) is 0.235. The van der Waals surface area contributed by atoms with Crippen LogP contribution in [-0.2, 0) is 4.79 Å². The molecule has 0 spiro atoms. The molecule has 1 aliphatic rings. The summed E-state index contributed by atoms with van der Waals surface area (Å²) in [5.41, 5.74) is 1.21. The lowest BCUT2D eigenvalue weighted by atomic mass is 10.1. The van der Waals surface area contributed by atoms with E-state index in [2.05, 4.69) is 9.97 Å². The van der Waals surface area contributed by atoms with E-state index in [0.717, 1.165) is 11.1 Å². The van der Waals surface area contributed by atoms with Crippen molar-refractivity contribution in [3.05, 3.63) is 47.0 Å². The van der Waals surface area contributed by atoms with E-state index in [0.29, 0.717) is 34.3 Å². The minimum Gasteiger partial charge on any atom is -0.480 e. The van der Waals surface area contributed by atoms with Crippen LogP contribution in [0.5, 0.6) is 0 Å². The normalized spacial score (nSPS) is 20.0. The smallest absolute Gasteiger partial charge is 0.329 e. The van der Waals surface area contributed by atoms with Crippen molar-refractivity contribution in [2.24, 2.45) is 0 Å². The number of hydrogen-bond donors (Lipinski definition) is 2. The van der Waals surface area contributed by atoms with Gasteiger partial charge in [0.1, 0.15) is 5.82 Å². The topological polar surface area (TPSA) is 91.5 Å². The number of aromatic nitrogens is 3. The summed E-state index contributed by atoms with van der Waals surface area (Å²) in [6.45, 7) is 0.373. The number of aliphatic carboxylic acids is 1. The van der Waals surface area contributed by atoms with Crippen LogP contribution in [0.25, 0.3) is 16.6 Å². The molecule has 1 unspecified atom stereocenters. The molecule has 0 bridgehead atoms. The first-order chi connectivity index (χ1) is 12.5. The van der Waals surface area contributed by atoms with E-state index in [1.54, 1.807) is 40.3 Å². The van der Waals surface area contributed by atoms with Crippen LogP contribution in [-0.4, -0.2) is 49.4 Å². The Morgan fingerprint density at radius 2 is 2.12 bits per heavy atom. The first-order valence-corrected chi connectivity index (χ1v) is 8.67. The summed E-state index contributed by atoms with van der Waals surface area (Å²) in [6.07, 6.45) is 4.43. The Hall–Kier alpha value is -2.35. The highest BCUT2D eigenvalue weighted by atomic mass is 35.5. The summed E-state index contributed by atoms with van der Waals surface area (Å²) in [6, 6.07) is 4.20. The second kappa shape index (κ2) is 6.42. The van der Waals surface area contributed by atoms with Gasteiger partial charge in [-0.15, -0.1) is 0 Å². The van der Waals surface area contributed by atoms with Gasteiger partial charge in [0.25, 0.3) is 0 Å². The van der Waals surface area contributed by atoms with Gasteiger partial charge in [-0.3, -0.25) is 0 Å². The fourth-order valence-corrected chi connectivity index (χ4v) is 3.66. The van der Waals surface area contributed by atoms with Gasteiger partial charge < -0.3 is 19.7 Å². The number of imidazole rings is 1. The van der Waals surface area contributed by atoms with Crippen LogP contribution in [0.3, 0.4) is 0 Å². The Morgan fingerprint density at radius 3 is 2.81 bits per heavy atom. The highest BCUT2D eigenvalue weighted by Gasteiger charge is 2.39. The number of hydrogen-bond acceptors (Lipinski definition) is 5. The number of anilines is 1. The summed E-state index contributed by atoms with van der Waals surface area (Å²) in [7, 11) is 0. The zero-order chi connectivity index (χ0) is 18.4. The van der Waals surface area contributed by atoms with Crippen LogP contribution in [0.2, 0.25) is 10.0 Å². The maximum atomic E-state index is 11.6. The molecule has 3 aromatic rings. The van der Waals surface area contributed by atoms with Crippen molar-refractivity contribution in [2.45, 2.75) is 18.6 Å². The molecule has 9 heteroatoms. The average molecular weight is 393 g/mol. The summed E-state index contributed by atoms with van der Waals surface area (Å²) >= 11 is 12.5. The first kappa shape index (κ1) is 17.1. The molecule has 3 heterocycles. The molecule has 2 N–H and O–H groups in total. The molecule has 26 heavy (non-hydrogen) atoms. The molecule has 1 saturated heterocycles. The molecule has 7 nitrogen and oxygen atoms in total. The highest BCUT2D eigenvalue weighted by molar-refractivity contribution is 6.45. The van der Waals surface area contributed by atoms with E-state index in [9.17, 15) is 15.0 Å². The molecule has 4 rings (SSSR count). The van der Waals surface area contributed by atoms with Gasteiger partial charge in [-0.1, -0.05) is 23.2 Å². The molecule has 0 radical (unpaired) electrons. The van der Waals surface area contributed by atoms with E-state index in [4.69, 9.17) is 23.2 Å². The lowest BCUT2D eigenvalue weighted by Gasteiger charge is -2.25. The molecule has 0 amide bonds. The van der Waals surface area contributed by atoms with Crippen LogP contribution in [0, 0.1) is 0 Å². The number of benzene rings is 1. The van der Waals surface area contributed by atoms with E-state index in [1.807, 2.05) is 6.07 Å². The number of halogens is 2. The number of nitrogens with zero attached hydrogens (tertiary/aromatic N) is 4. The molecule has 1 fully saturated rings. The molecule has 2 atom stereocenters. The second-order valence-electron chi connectivity index (χ2n) is 6.06. The Balaban J connectivity index is 1.96. The van der Waals surface area contributed by atoms with Crippen molar-refractivity contribution >= 4 is 45.9 Å². The van der Waals surface area contributed by atoms with Crippen LogP contribution >= 0.6 is 23.2 Å². The number of carbonyl (C=O) groups is 1. The molecule has 1 aromatic carbocycles. The maximum absolute atomic E-state index is 11.6. The second-order valence-corrected chi connectivity index (χ2v) is 6.84. The van der Waals surface area contributed by atoms with Crippen LogP contribution in [0.15, 0.2) is 36.9 Å². The predicted molar refractivity (Wildman–Crippen MR) is 98.3 cm³/mol. The van der Waals surface area contributed by atoms with Crippen molar-refractivity contribution in [3.8, 4) is 5.69 Å². The Morgan fingerprint density at radius 1 is 1.31 bits per heavy atom. The van der Waals surface area contributed by atoms with Gasteiger partial charge >= 0.3 is 5.97 Å². The number of carboxylic acids is 1. The zero-order valence-electron chi connectivity index (χ0n) is 13.4. The fourth-order valence-electron chi connectivity index (χ4n) is 3.30. The Labute approximate surface area is 158 Å². The third-order valence-corrected chi connectivity index (χ3v) is 5.33. The van der Waals surface area contributed by atoms with Gasteiger partial charge in [0.2, 0.25) is 0 Å². The van der Waals surface area contributed by atoms with Crippen molar-refractivity contribution < 1.29 is 15.0 Å². The number of aliphatic hydroxyl groups excluding tert-OH is 1. The van der Waals surface area contributed by atoms with Gasteiger partial charge in [-0.25, -0.2) is 14.8 Å². The van der Waals surface area contributed by atoms with Crippen molar-refractivity contribution in [1.29, 1.82) is 0 Å². The molecule has 134 valence electrons. The quantitative estimate of drug-likeness (QED) is 0.711. The summed E-state index contributed by atoms with van der Waals surface area (Å²) in [5, 5.41) is 20.9. The number of pyridine rings is 1. The lowest BCUT2D eigenvalue weighted by Crippen LogP contribution is -2.42. The van der Waals surface area contributed by atoms with E-state index in [1.165, 1.54) is 0 Å². The monoisotopic (exact) mass is 392 g/mol. The van der Waals surface area contributed by atoms with E-state index in [-0.39, 0.29) is 0 Å². The Kier molecular flexibility index (Phi) is 4.22. The lowest BCUT2D eigenvalue weighted by molar-refractivity contribution is -0.140. The first-order valence-electron chi connectivity index (χ1n) is 7.92. The molecule has 0 aliphatic carbocycles. The third kappa shape index (κ3) is 2.68. The molecular weight excluding hydrogens is 379 g/mol. The summed E-state index contributed by atoms with van der Waals surface area (Å²) in [5.74, 6) is -0.687. The number of rotatable bonds is 3. The zero-order valence-corrected chi connectivity index (χ0v) is 14.9. The minimum absolute atomic E-state index is 0.291. The summed E-state index contributed by atoms with van der Waals surface area (Å²) in [4.78, 5) is 21.8. The molecule has 1 aliphatic heterocycles. The van der Waals surface area contributed by atoms with Crippen LogP contribution < -0.4 is 4.90 Å². The van der Waals surface area contributed by atoms with Crippen molar-refractivity contribution in [2.75, 3.05) is 11.4 Å². The van der Waals surface area contributed by atoms with Crippen molar-refractivity contribution in [1.82, 2.24) is 14.5 Å². The molecule has 0 saturated carbocycles. The number of aliphatic hydroxyl groups is 1. The van der Waals surface area contributed by atoms with Crippen LogP contribution in [0.4, 0.5) is 5.82 Å². The van der Waals surface area contributed by atoms with Gasteiger partial charge in [0, 0.05) is 30.4 Å². The Bertz CT molecular complexity index is 993. The van der Waals surface area contributed by atoms with Gasteiger partial charge in [0.05, 0.1) is 33.7 Å². The standard InChI is InChI=1S/C17H14Cl2N4O3/c18-10-2-1-9-11(22-6-4-20-8-22)7-13(21-15(9)14(10)19)23-5-3-12(24)16(23)17(25)26/h1-2,4,6-8,12,16,24H,3,5H2,(H,25,26)/t12?,16-/m1/s1. The summed E-state index contributed by atoms with van der Waals surface area (Å²) < 4.78 is 1.79. The minimum atomic E-state index is -1.10. The average Bonchev–Trinajstić information content (AvgIpc) is 3.27. The van der Waals surface area contributed by atoms with Gasteiger partial charge in [0.15, 0.2) is 6.04 Å². The van der Waals surface area contributed by atoms with Gasteiger partial charge in [-0.2, -0.15) is 0 Å². The van der Waals surface area contributed by atoms with E-state index < -0.39 is 18.1 Å². The number of fused-ring (bicyclic) bond motifs is 1. The highest BCUT2D eigenvalue weighted by Crippen LogP contribution is 2.36. The molecule has 2 aromatic heterocycles.